The number of carboxylic acids is 1. The van der Waals surface area contributed by atoms with E-state index >= 15 is 0 Å². The predicted octanol–water partition coefficient (Wildman–Crippen LogP) is 0.213. The summed E-state index contributed by atoms with van der Waals surface area (Å²) in [4.78, 5) is 10.4. The topological polar surface area (TPSA) is 72.5 Å². The van der Waals surface area contributed by atoms with Crippen LogP contribution in [0.5, 0.6) is 0 Å². The van der Waals surface area contributed by atoms with Crippen LogP contribution in [0.4, 0.5) is 0 Å². The number of hydrogen-bond acceptors (Lipinski definition) is 3. The Labute approximate surface area is 71.7 Å². The van der Waals surface area contributed by atoms with Gasteiger partial charge in [0.1, 0.15) is 6.04 Å². The minimum absolute atomic E-state index is 0.0381. The molecule has 4 nitrogen and oxygen atoms in total. The SMILES string of the molecule is CO[C@H](C[C@@H](N)C(=O)O)C1CC1. The molecule has 2 atom stereocenters. The summed E-state index contributed by atoms with van der Waals surface area (Å²) in [5.74, 6) is -0.405. The number of carboxylic acid groups (broad SMARTS) is 1. The van der Waals surface area contributed by atoms with Gasteiger partial charge in [-0.1, -0.05) is 0 Å². The molecule has 4 heteroatoms. The maximum atomic E-state index is 10.4. The summed E-state index contributed by atoms with van der Waals surface area (Å²) >= 11 is 0. The van der Waals surface area contributed by atoms with Crippen molar-refractivity contribution in [3.05, 3.63) is 0 Å². The van der Waals surface area contributed by atoms with Crippen LogP contribution in [0.15, 0.2) is 0 Å². The maximum Gasteiger partial charge on any atom is 0.320 e. The quantitative estimate of drug-likeness (QED) is 0.623. The van der Waals surface area contributed by atoms with Gasteiger partial charge in [0, 0.05) is 7.11 Å². The van der Waals surface area contributed by atoms with Crippen molar-refractivity contribution in [1.82, 2.24) is 0 Å². The number of hydrogen-bond donors (Lipinski definition) is 2. The minimum Gasteiger partial charge on any atom is -0.480 e. The number of ether oxygens (including phenoxy) is 1. The first-order chi connectivity index (χ1) is 5.65. The highest BCUT2D eigenvalue weighted by Gasteiger charge is 2.33. The Morgan fingerprint density at radius 3 is 2.67 bits per heavy atom. The van der Waals surface area contributed by atoms with E-state index in [9.17, 15) is 4.79 Å². The number of carbonyl (C=O) groups is 1. The fourth-order valence-corrected chi connectivity index (χ4v) is 1.30. The van der Waals surface area contributed by atoms with E-state index < -0.39 is 12.0 Å². The number of rotatable bonds is 5. The highest BCUT2D eigenvalue weighted by molar-refractivity contribution is 5.73. The summed E-state index contributed by atoms with van der Waals surface area (Å²) < 4.78 is 5.15. The molecule has 12 heavy (non-hydrogen) atoms. The lowest BCUT2D eigenvalue weighted by atomic mass is 10.1. The van der Waals surface area contributed by atoms with Crippen molar-refractivity contribution in [3.63, 3.8) is 0 Å². The highest BCUT2D eigenvalue weighted by atomic mass is 16.5. The van der Waals surface area contributed by atoms with E-state index in [2.05, 4.69) is 0 Å². The van der Waals surface area contributed by atoms with Crippen molar-refractivity contribution in [3.8, 4) is 0 Å². The summed E-state index contributed by atoms with van der Waals surface area (Å²) in [6.07, 6.45) is 2.75. The van der Waals surface area contributed by atoms with Crippen molar-refractivity contribution < 1.29 is 14.6 Å². The molecule has 0 aliphatic heterocycles. The average molecular weight is 173 g/mol. The van der Waals surface area contributed by atoms with Crippen LogP contribution in [0.3, 0.4) is 0 Å². The van der Waals surface area contributed by atoms with Crippen LogP contribution in [-0.2, 0) is 9.53 Å². The van der Waals surface area contributed by atoms with Crippen LogP contribution in [0.25, 0.3) is 0 Å². The molecule has 0 heterocycles. The van der Waals surface area contributed by atoms with Gasteiger partial charge in [0.15, 0.2) is 0 Å². The van der Waals surface area contributed by atoms with Crippen LogP contribution >= 0.6 is 0 Å². The molecule has 0 amide bonds. The lowest BCUT2D eigenvalue weighted by molar-refractivity contribution is -0.139. The Balaban J connectivity index is 2.30. The van der Waals surface area contributed by atoms with Gasteiger partial charge in [0.2, 0.25) is 0 Å². The molecule has 70 valence electrons. The van der Waals surface area contributed by atoms with E-state index in [0.29, 0.717) is 12.3 Å². The molecule has 1 fully saturated rings. The summed E-state index contributed by atoms with van der Waals surface area (Å²) in [5, 5.41) is 8.55. The van der Waals surface area contributed by atoms with Gasteiger partial charge in [0.25, 0.3) is 0 Å². The molecule has 1 aliphatic rings. The first-order valence-corrected chi connectivity index (χ1v) is 4.16. The molecular formula is C8H15NO3. The first kappa shape index (κ1) is 9.48. The second-order valence-electron chi connectivity index (χ2n) is 3.29. The van der Waals surface area contributed by atoms with Gasteiger partial charge in [0.05, 0.1) is 6.10 Å². The smallest absolute Gasteiger partial charge is 0.320 e. The van der Waals surface area contributed by atoms with Gasteiger partial charge >= 0.3 is 5.97 Å². The van der Waals surface area contributed by atoms with E-state index in [4.69, 9.17) is 15.6 Å². The number of nitrogens with two attached hydrogens (primary N) is 1. The van der Waals surface area contributed by atoms with Crippen molar-refractivity contribution in [2.75, 3.05) is 7.11 Å². The van der Waals surface area contributed by atoms with Gasteiger partial charge in [-0.2, -0.15) is 0 Å². The maximum absolute atomic E-state index is 10.4. The third kappa shape index (κ3) is 2.46. The van der Waals surface area contributed by atoms with Crippen LogP contribution < -0.4 is 5.73 Å². The molecule has 0 saturated heterocycles. The average Bonchev–Trinajstić information content (AvgIpc) is 2.82. The molecule has 0 unspecified atom stereocenters. The fraction of sp³-hybridized carbons (Fsp3) is 0.875. The normalized spacial score (nSPS) is 21.8. The second-order valence-corrected chi connectivity index (χ2v) is 3.29. The molecule has 0 aromatic heterocycles. The molecule has 0 aromatic carbocycles. The van der Waals surface area contributed by atoms with Gasteiger partial charge < -0.3 is 15.6 Å². The molecule has 0 aromatic rings. The Kier molecular flexibility index (Phi) is 3.05. The lowest BCUT2D eigenvalue weighted by Gasteiger charge is -2.16. The zero-order chi connectivity index (χ0) is 9.14. The zero-order valence-electron chi connectivity index (χ0n) is 7.19. The standard InChI is InChI=1S/C8H15NO3/c1-12-7(5-2-3-5)4-6(9)8(10)11/h5-7H,2-4,9H2,1H3,(H,10,11)/t6-,7-/m1/s1. The Morgan fingerprint density at radius 1 is 1.75 bits per heavy atom. The van der Waals surface area contributed by atoms with E-state index in [1.807, 2.05) is 0 Å². The van der Waals surface area contributed by atoms with Crippen LogP contribution in [0, 0.1) is 5.92 Å². The first-order valence-electron chi connectivity index (χ1n) is 4.16. The highest BCUT2D eigenvalue weighted by Crippen LogP contribution is 2.35. The fourth-order valence-electron chi connectivity index (χ4n) is 1.30. The molecule has 0 bridgehead atoms. The monoisotopic (exact) mass is 173 g/mol. The predicted molar refractivity (Wildman–Crippen MR) is 43.7 cm³/mol. The molecule has 0 spiro atoms. The summed E-state index contributed by atoms with van der Waals surface area (Å²) in [5.41, 5.74) is 5.38. The molecular weight excluding hydrogens is 158 g/mol. The Bertz CT molecular complexity index is 168. The van der Waals surface area contributed by atoms with Crippen LogP contribution in [-0.4, -0.2) is 30.3 Å². The number of aliphatic carboxylic acids is 1. The van der Waals surface area contributed by atoms with Crippen molar-refractivity contribution in [2.24, 2.45) is 11.7 Å². The zero-order valence-corrected chi connectivity index (χ0v) is 7.19. The van der Waals surface area contributed by atoms with Crippen molar-refractivity contribution >= 4 is 5.97 Å². The van der Waals surface area contributed by atoms with Crippen molar-refractivity contribution in [1.29, 1.82) is 0 Å². The summed E-state index contributed by atoms with van der Waals surface area (Å²) in [6, 6.07) is -0.782. The van der Waals surface area contributed by atoms with Gasteiger partial charge in [-0.05, 0) is 25.2 Å². The van der Waals surface area contributed by atoms with E-state index in [1.165, 1.54) is 0 Å². The third-order valence-electron chi connectivity index (χ3n) is 2.25. The Hall–Kier alpha value is -0.610. The second kappa shape index (κ2) is 3.87. The van der Waals surface area contributed by atoms with Gasteiger partial charge in [-0.15, -0.1) is 0 Å². The summed E-state index contributed by atoms with van der Waals surface area (Å²) in [6.45, 7) is 0. The van der Waals surface area contributed by atoms with Crippen molar-refractivity contribution in [2.45, 2.75) is 31.4 Å². The molecule has 1 rings (SSSR count). The molecule has 1 aliphatic carbocycles. The summed E-state index contributed by atoms with van der Waals surface area (Å²) in [7, 11) is 1.61. The van der Waals surface area contributed by atoms with E-state index in [-0.39, 0.29) is 6.10 Å². The minimum atomic E-state index is -0.947. The lowest BCUT2D eigenvalue weighted by Crippen LogP contribution is -2.35. The molecule has 1 saturated carbocycles. The van der Waals surface area contributed by atoms with Gasteiger partial charge in [-0.25, -0.2) is 0 Å². The van der Waals surface area contributed by atoms with E-state index in [1.54, 1.807) is 7.11 Å². The van der Waals surface area contributed by atoms with Gasteiger partial charge in [-0.3, -0.25) is 4.79 Å². The molecule has 0 radical (unpaired) electrons. The largest absolute Gasteiger partial charge is 0.480 e. The Morgan fingerprint density at radius 2 is 2.33 bits per heavy atom. The van der Waals surface area contributed by atoms with E-state index in [0.717, 1.165) is 12.8 Å². The van der Waals surface area contributed by atoms with Crippen LogP contribution in [0.2, 0.25) is 0 Å². The van der Waals surface area contributed by atoms with Crippen LogP contribution in [0.1, 0.15) is 19.3 Å². The molecule has 3 N–H and O–H groups in total. The number of methoxy groups -OCH3 is 1. The third-order valence-corrected chi connectivity index (χ3v) is 2.25.